The number of anilines is 1. The number of fused-ring (bicyclic) bond motifs is 1. The van der Waals surface area contributed by atoms with Gasteiger partial charge in [0.25, 0.3) is 0 Å². The van der Waals surface area contributed by atoms with Gasteiger partial charge in [0.05, 0.1) is 32.7 Å². The molecule has 0 radical (unpaired) electrons. The van der Waals surface area contributed by atoms with E-state index in [4.69, 9.17) is 43.5 Å². The van der Waals surface area contributed by atoms with E-state index in [0.717, 1.165) is 34.3 Å². The predicted molar refractivity (Wildman–Crippen MR) is 128 cm³/mol. The van der Waals surface area contributed by atoms with Crippen LogP contribution in [0.2, 0.25) is 0 Å². The first kappa shape index (κ1) is 26.2. The molecule has 0 fully saturated rings. The number of carbonyl (C=O) groups is 2. The van der Waals surface area contributed by atoms with Gasteiger partial charge in [-0.15, -0.1) is 0 Å². The number of ether oxygens (including phenoxy) is 5. The highest BCUT2D eigenvalue weighted by atomic mass is 16.7. The second-order valence-corrected chi connectivity index (χ2v) is 7.30. The molecule has 0 bridgehead atoms. The van der Waals surface area contributed by atoms with E-state index < -0.39 is 11.9 Å². The van der Waals surface area contributed by atoms with Crippen LogP contribution in [0.15, 0.2) is 42.6 Å². The molecular formula is C24H27N3O9. The Morgan fingerprint density at radius 2 is 1.81 bits per heavy atom. The molecule has 4 rings (SSSR count). The molecule has 2 aromatic carbocycles. The first-order chi connectivity index (χ1) is 17.4. The van der Waals surface area contributed by atoms with Gasteiger partial charge in [-0.25, -0.2) is 14.6 Å². The van der Waals surface area contributed by atoms with Crippen LogP contribution in [0.1, 0.15) is 5.56 Å². The van der Waals surface area contributed by atoms with E-state index in [1.54, 1.807) is 21.3 Å². The number of hydrogen-bond donors (Lipinski definition) is 3. The smallest absolute Gasteiger partial charge is 0.414 e. The van der Waals surface area contributed by atoms with Crippen LogP contribution in [0.25, 0.3) is 11.3 Å². The van der Waals surface area contributed by atoms with Crippen molar-refractivity contribution in [3.8, 4) is 34.3 Å². The largest absolute Gasteiger partial charge is 0.493 e. The number of hydrogen-bond acceptors (Lipinski definition) is 9. The van der Waals surface area contributed by atoms with Gasteiger partial charge in [0.2, 0.25) is 12.7 Å². The van der Waals surface area contributed by atoms with Crippen molar-refractivity contribution >= 4 is 17.9 Å². The summed E-state index contributed by atoms with van der Waals surface area (Å²) in [5.74, 6) is -0.0125. The summed E-state index contributed by atoms with van der Waals surface area (Å²) in [5, 5.41) is 18.2. The molecule has 3 aromatic rings. The fraction of sp³-hybridized carbons (Fsp3) is 0.292. The number of aromatic nitrogens is 2. The Balaban J connectivity index is 0.000000538. The lowest BCUT2D eigenvalue weighted by Gasteiger charge is -2.15. The summed E-state index contributed by atoms with van der Waals surface area (Å²) in [6.07, 6.45) is 1.85. The minimum atomic E-state index is -1.82. The summed E-state index contributed by atoms with van der Waals surface area (Å²) in [7, 11) is 4.95. The maximum absolute atomic E-state index is 9.10. The molecule has 1 aliphatic rings. The van der Waals surface area contributed by atoms with Crippen LogP contribution in [0.4, 0.5) is 5.95 Å². The molecule has 1 aromatic heterocycles. The molecule has 0 saturated carbocycles. The van der Waals surface area contributed by atoms with Crippen molar-refractivity contribution in [1.82, 2.24) is 9.55 Å². The van der Waals surface area contributed by atoms with Crippen molar-refractivity contribution < 1.29 is 43.5 Å². The van der Waals surface area contributed by atoms with Crippen molar-refractivity contribution in [3.05, 3.63) is 48.2 Å². The molecule has 12 nitrogen and oxygen atoms in total. The van der Waals surface area contributed by atoms with Crippen LogP contribution in [0, 0.1) is 0 Å². The van der Waals surface area contributed by atoms with E-state index in [1.807, 2.05) is 42.6 Å². The van der Waals surface area contributed by atoms with Gasteiger partial charge < -0.3 is 43.8 Å². The lowest BCUT2D eigenvalue weighted by Crippen LogP contribution is -2.12. The number of rotatable bonds is 9. The topological polar surface area (TPSA) is 151 Å². The molecule has 2 heterocycles. The summed E-state index contributed by atoms with van der Waals surface area (Å²) in [5.41, 5.74) is 2.93. The Morgan fingerprint density at radius 3 is 2.47 bits per heavy atom. The van der Waals surface area contributed by atoms with Crippen molar-refractivity contribution in [2.24, 2.45) is 0 Å². The van der Waals surface area contributed by atoms with Gasteiger partial charge in [-0.3, -0.25) is 0 Å². The summed E-state index contributed by atoms with van der Waals surface area (Å²) >= 11 is 0. The van der Waals surface area contributed by atoms with Crippen LogP contribution in [-0.2, 0) is 27.4 Å². The number of benzene rings is 2. The molecule has 1 aliphatic heterocycles. The van der Waals surface area contributed by atoms with E-state index in [1.165, 1.54) is 0 Å². The van der Waals surface area contributed by atoms with Crippen LogP contribution in [0.5, 0.6) is 23.0 Å². The molecule has 0 amide bonds. The number of methoxy groups -OCH3 is 3. The molecule has 12 heteroatoms. The van der Waals surface area contributed by atoms with Gasteiger partial charge in [0.1, 0.15) is 0 Å². The van der Waals surface area contributed by atoms with E-state index in [2.05, 4.69) is 14.9 Å². The number of carboxylic acid groups (broad SMARTS) is 2. The Morgan fingerprint density at radius 1 is 1.06 bits per heavy atom. The monoisotopic (exact) mass is 501 g/mol. The predicted octanol–water partition coefficient (Wildman–Crippen LogP) is 2.71. The number of carboxylic acids is 2. The third-order valence-corrected chi connectivity index (χ3v) is 5.15. The first-order valence-corrected chi connectivity index (χ1v) is 10.7. The van der Waals surface area contributed by atoms with E-state index >= 15 is 0 Å². The first-order valence-electron chi connectivity index (χ1n) is 10.7. The second-order valence-electron chi connectivity index (χ2n) is 7.30. The normalized spacial score (nSPS) is 11.3. The number of nitrogens with one attached hydrogen (secondary N) is 1. The molecule has 0 unspecified atom stereocenters. The molecule has 192 valence electrons. The van der Waals surface area contributed by atoms with E-state index in [0.29, 0.717) is 31.2 Å². The Bertz CT molecular complexity index is 1200. The Kier molecular flexibility index (Phi) is 8.95. The highest BCUT2D eigenvalue weighted by Crippen LogP contribution is 2.37. The zero-order chi connectivity index (χ0) is 26.1. The zero-order valence-electron chi connectivity index (χ0n) is 20.0. The van der Waals surface area contributed by atoms with Gasteiger partial charge >= 0.3 is 11.9 Å². The average molecular weight is 501 g/mol. The molecule has 36 heavy (non-hydrogen) atoms. The molecule has 0 saturated heterocycles. The highest BCUT2D eigenvalue weighted by Gasteiger charge is 2.18. The van der Waals surface area contributed by atoms with Crippen molar-refractivity contribution in [1.29, 1.82) is 0 Å². The molecule has 0 spiro atoms. The average Bonchev–Trinajstić information content (AvgIpc) is 3.52. The summed E-state index contributed by atoms with van der Waals surface area (Å²) in [6.45, 7) is 1.99. The SMILES string of the molecule is COCCn1c(-c2ccc3c(c2)OCO3)cnc1NCc1cccc(OC)c1OC.O=C(O)C(=O)O. The standard InChI is InChI=1S/C22H25N3O5.C2H2O4/c1-26-10-9-25-17(15-7-8-18-20(11-15)30-14-29-18)13-24-22(25)23-12-16-5-4-6-19(27-2)21(16)28-3;3-1(4)2(5)6/h4-8,11,13H,9-10,12,14H2,1-3H3,(H,23,24);(H,3,4)(H,5,6). The Hall–Kier alpha value is -4.45. The molecule has 3 N–H and O–H groups in total. The number of imidazole rings is 1. The van der Waals surface area contributed by atoms with Crippen LogP contribution < -0.4 is 24.3 Å². The quantitative estimate of drug-likeness (QED) is 0.371. The van der Waals surface area contributed by atoms with Crippen LogP contribution >= 0.6 is 0 Å². The highest BCUT2D eigenvalue weighted by molar-refractivity contribution is 6.27. The number of nitrogens with zero attached hydrogens (tertiary/aromatic N) is 2. The molecule has 0 atom stereocenters. The van der Waals surface area contributed by atoms with E-state index in [9.17, 15) is 0 Å². The van der Waals surface area contributed by atoms with Crippen LogP contribution in [-0.4, -0.2) is 66.4 Å². The van der Waals surface area contributed by atoms with Gasteiger partial charge in [-0.1, -0.05) is 12.1 Å². The maximum atomic E-state index is 9.10. The molecule has 0 aliphatic carbocycles. The number of para-hydroxylation sites is 1. The minimum Gasteiger partial charge on any atom is -0.493 e. The lowest BCUT2D eigenvalue weighted by molar-refractivity contribution is -0.159. The summed E-state index contributed by atoms with van der Waals surface area (Å²) in [6, 6.07) is 11.7. The third-order valence-electron chi connectivity index (χ3n) is 5.15. The van der Waals surface area contributed by atoms with Gasteiger partial charge in [0.15, 0.2) is 23.0 Å². The fourth-order valence-corrected chi connectivity index (χ4v) is 3.48. The minimum absolute atomic E-state index is 0.247. The summed E-state index contributed by atoms with van der Waals surface area (Å²) < 4.78 is 29.3. The van der Waals surface area contributed by atoms with Crippen LogP contribution in [0.3, 0.4) is 0 Å². The third kappa shape index (κ3) is 6.16. The Labute approximate surface area is 206 Å². The van der Waals surface area contributed by atoms with Gasteiger partial charge in [-0.2, -0.15) is 0 Å². The van der Waals surface area contributed by atoms with Crippen molar-refractivity contribution in [2.45, 2.75) is 13.1 Å². The number of aliphatic carboxylic acids is 2. The van der Waals surface area contributed by atoms with E-state index in [-0.39, 0.29) is 6.79 Å². The van der Waals surface area contributed by atoms with Crippen molar-refractivity contribution in [3.63, 3.8) is 0 Å². The zero-order valence-corrected chi connectivity index (χ0v) is 20.0. The molecular weight excluding hydrogens is 474 g/mol. The lowest BCUT2D eigenvalue weighted by atomic mass is 10.1. The maximum Gasteiger partial charge on any atom is 0.414 e. The van der Waals surface area contributed by atoms with Gasteiger partial charge in [-0.05, 0) is 24.3 Å². The van der Waals surface area contributed by atoms with Crippen molar-refractivity contribution in [2.75, 3.05) is 40.0 Å². The summed E-state index contributed by atoms with van der Waals surface area (Å²) in [4.78, 5) is 22.8. The van der Waals surface area contributed by atoms with Gasteiger partial charge in [0, 0.05) is 31.3 Å². The fourth-order valence-electron chi connectivity index (χ4n) is 3.48. The second kappa shape index (κ2) is 12.3.